The molecule has 1 saturated carbocycles. The lowest BCUT2D eigenvalue weighted by Crippen LogP contribution is -2.59. The third kappa shape index (κ3) is 3.76. The second-order valence-electron chi connectivity index (χ2n) is 7.31. The molecule has 0 saturated heterocycles. The van der Waals surface area contributed by atoms with Crippen molar-refractivity contribution in [2.45, 2.75) is 66.0 Å². The van der Waals surface area contributed by atoms with Crippen molar-refractivity contribution in [2.75, 3.05) is 6.54 Å². The lowest BCUT2D eigenvalue weighted by molar-refractivity contribution is -0.150. The summed E-state index contributed by atoms with van der Waals surface area (Å²) < 4.78 is 0. The Kier molecular flexibility index (Phi) is 5.42. The summed E-state index contributed by atoms with van der Waals surface area (Å²) in [6, 6.07) is 0.0287. The minimum absolute atomic E-state index is 0.0224. The van der Waals surface area contributed by atoms with Gasteiger partial charge in [0.15, 0.2) is 0 Å². The first kappa shape index (κ1) is 18.0. The van der Waals surface area contributed by atoms with Gasteiger partial charge in [-0.3, -0.25) is 9.59 Å². The molecule has 0 radical (unpaired) electrons. The van der Waals surface area contributed by atoms with E-state index in [9.17, 15) is 14.7 Å². The van der Waals surface area contributed by atoms with E-state index in [1.807, 2.05) is 41.5 Å². The van der Waals surface area contributed by atoms with Crippen molar-refractivity contribution in [2.24, 2.45) is 17.3 Å². The van der Waals surface area contributed by atoms with Crippen LogP contribution in [0.5, 0.6) is 0 Å². The summed E-state index contributed by atoms with van der Waals surface area (Å²) in [6.45, 7) is 12.5. The molecular formula is C16H30N2O3. The van der Waals surface area contributed by atoms with Crippen LogP contribution in [-0.4, -0.2) is 35.1 Å². The Morgan fingerprint density at radius 2 is 1.86 bits per heavy atom. The van der Waals surface area contributed by atoms with Gasteiger partial charge in [-0.2, -0.15) is 0 Å². The molecule has 0 aromatic rings. The molecule has 1 rings (SSSR count). The number of likely N-dealkylation sites (N-methyl/N-ethyl adjacent to an activating group) is 1. The fourth-order valence-electron chi connectivity index (χ4n) is 3.31. The van der Waals surface area contributed by atoms with E-state index in [0.29, 0.717) is 6.42 Å². The average Bonchev–Trinajstić information content (AvgIpc) is 2.34. The molecular weight excluding hydrogens is 268 g/mol. The molecule has 5 nitrogen and oxygen atoms in total. The van der Waals surface area contributed by atoms with Crippen molar-refractivity contribution >= 4 is 11.9 Å². The van der Waals surface area contributed by atoms with Gasteiger partial charge >= 0.3 is 5.97 Å². The number of carbonyl (C=O) groups is 2. The lowest BCUT2D eigenvalue weighted by Gasteiger charge is -2.46. The van der Waals surface area contributed by atoms with Gasteiger partial charge in [0, 0.05) is 6.04 Å². The van der Waals surface area contributed by atoms with E-state index < -0.39 is 11.5 Å². The number of carboxylic acids is 1. The number of amides is 1. The second kappa shape index (κ2) is 6.34. The van der Waals surface area contributed by atoms with Crippen molar-refractivity contribution in [3.8, 4) is 0 Å². The number of aliphatic carboxylic acids is 1. The number of hydrogen-bond acceptors (Lipinski definition) is 3. The van der Waals surface area contributed by atoms with E-state index in [2.05, 4.69) is 10.6 Å². The molecule has 3 atom stereocenters. The highest BCUT2D eigenvalue weighted by atomic mass is 16.4. The van der Waals surface area contributed by atoms with Gasteiger partial charge in [-0.05, 0) is 44.6 Å². The Morgan fingerprint density at radius 3 is 2.33 bits per heavy atom. The molecule has 0 heterocycles. The summed E-state index contributed by atoms with van der Waals surface area (Å²) in [4.78, 5) is 23.8. The van der Waals surface area contributed by atoms with Crippen molar-refractivity contribution in [1.29, 1.82) is 0 Å². The second-order valence-corrected chi connectivity index (χ2v) is 7.31. The Bertz CT molecular complexity index is 404. The van der Waals surface area contributed by atoms with Gasteiger partial charge in [0.2, 0.25) is 5.91 Å². The number of hydrogen-bond donors (Lipinski definition) is 3. The summed E-state index contributed by atoms with van der Waals surface area (Å²) in [5, 5.41) is 15.6. The van der Waals surface area contributed by atoms with Gasteiger partial charge < -0.3 is 15.7 Å². The van der Waals surface area contributed by atoms with Crippen LogP contribution < -0.4 is 10.6 Å². The van der Waals surface area contributed by atoms with Crippen molar-refractivity contribution in [3.63, 3.8) is 0 Å². The van der Waals surface area contributed by atoms with Gasteiger partial charge in [0.1, 0.15) is 0 Å². The molecule has 0 aliphatic heterocycles. The Hall–Kier alpha value is -1.10. The molecule has 3 N–H and O–H groups in total. The number of rotatable bonds is 5. The minimum Gasteiger partial charge on any atom is -0.481 e. The zero-order valence-electron chi connectivity index (χ0n) is 14.1. The smallest absolute Gasteiger partial charge is 0.307 e. The Labute approximate surface area is 127 Å². The van der Waals surface area contributed by atoms with E-state index in [0.717, 1.165) is 13.0 Å². The molecule has 5 heteroatoms. The maximum absolute atomic E-state index is 12.4. The van der Waals surface area contributed by atoms with Crippen molar-refractivity contribution < 1.29 is 14.7 Å². The van der Waals surface area contributed by atoms with Crippen molar-refractivity contribution in [3.05, 3.63) is 0 Å². The lowest BCUT2D eigenvalue weighted by atomic mass is 9.61. The Balaban J connectivity index is 2.79. The summed E-state index contributed by atoms with van der Waals surface area (Å²) in [5.41, 5.74) is -0.938. The third-order valence-electron chi connectivity index (χ3n) is 5.24. The maximum atomic E-state index is 12.4. The molecule has 1 aliphatic carbocycles. The van der Waals surface area contributed by atoms with E-state index in [4.69, 9.17) is 0 Å². The fourth-order valence-corrected chi connectivity index (χ4v) is 3.31. The van der Waals surface area contributed by atoms with Crippen molar-refractivity contribution in [1.82, 2.24) is 10.6 Å². The average molecular weight is 298 g/mol. The monoisotopic (exact) mass is 298 g/mol. The van der Waals surface area contributed by atoms with Crippen LogP contribution in [0, 0.1) is 17.3 Å². The van der Waals surface area contributed by atoms with Gasteiger partial charge in [-0.1, -0.05) is 27.7 Å². The molecule has 21 heavy (non-hydrogen) atoms. The number of carboxylic acid groups (broad SMARTS) is 1. The molecule has 1 amide bonds. The van der Waals surface area contributed by atoms with Gasteiger partial charge in [0.05, 0.1) is 11.5 Å². The normalized spacial score (nSPS) is 29.0. The highest BCUT2D eigenvalue weighted by Crippen LogP contribution is 2.45. The largest absolute Gasteiger partial charge is 0.481 e. The molecule has 0 aromatic carbocycles. The van der Waals surface area contributed by atoms with E-state index in [-0.39, 0.29) is 29.2 Å². The van der Waals surface area contributed by atoms with Crippen LogP contribution in [0.2, 0.25) is 0 Å². The Morgan fingerprint density at radius 1 is 1.29 bits per heavy atom. The first-order chi connectivity index (χ1) is 9.54. The summed E-state index contributed by atoms with van der Waals surface area (Å²) >= 11 is 0. The number of carbonyl (C=O) groups excluding carboxylic acids is 1. The van der Waals surface area contributed by atoms with Crippen LogP contribution in [-0.2, 0) is 9.59 Å². The molecule has 0 spiro atoms. The zero-order valence-corrected chi connectivity index (χ0v) is 14.1. The van der Waals surface area contributed by atoms with E-state index >= 15 is 0 Å². The SMILES string of the molecule is CCNC(C)(C)C(=O)NC1CCC(C(=O)O)C(C)(C)C1C. The third-order valence-corrected chi connectivity index (χ3v) is 5.24. The summed E-state index contributed by atoms with van der Waals surface area (Å²) in [6.07, 6.45) is 1.33. The first-order valence-electron chi connectivity index (χ1n) is 7.82. The summed E-state index contributed by atoms with van der Waals surface area (Å²) in [5.74, 6) is -0.980. The van der Waals surface area contributed by atoms with Gasteiger partial charge in [-0.25, -0.2) is 0 Å². The minimum atomic E-state index is -0.732. The highest BCUT2D eigenvalue weighted by molar-refractivity contribution is 5.85. The molecule has 1 aliphatic rings. The molecule has 3 unspecified atom stereocenters. The summed E-state index contributed by atoms with van der Waals surface area (Å²) in [7, 11) is 0. The standard InChI is InChI=1S/C16H30N2O3/c1-7-17-16(5,6)14(21)18-12-9-8-11(13(19)20)15(3,4)10(12)2/h10-12,17H,7-9H2,1-6H3,(H,18,21)(H,19,20). The number of nitrogens with one attached hydrogen (secondary N) is 2. The fraction of sp³-hybridized carbons (Fsp3) is 0.875. The van der Waals surface area contributed by atoms with Crippen LogP contribution in [0.1, 0.15) is 54.4 Å². The van der Waals surface area contributed by atoms with Crippen LogP contribution in [0.4, 0.5) is 0 Å². The maximum Gasteiger partial charge on any atom is 0.307 e. The topological polar surface area (TPSA) is 78.4 Å². The predicted octanol–water partition coefficient (Wildman–Crippen LogP) is 2.02. The quantitative estimate of drug-likeness (QED) is 0.725. The van der Waals surface area contributed by atoms with Crippen LogP contribution in [0.15, 0.2) is 0 Å². The predicted molar refractivity (Wildman–Crippen MR) is 83.0 cm³/mol. The first-order valence-corrected chi connectivity index (χ1v) is 7.82. The molecule has 0 bridgehead atoms. The van der Waals surface area contributed by atoms with Crippen LogP contribution >= 0.6 is 0 Å². The molecule has 122 valence electrons. The van der Waals surface area contributed by atoms with Gasteiger partial charge in [-0.15, -0.1) is 0 Å². The zero-order chi connectivity index (χ0) is 16.4. The van der Waals surface area contributed by atoms with Gasteiger partial charge in [0.25, 0.3) is 0 Å². The highest BCUT2D eigenvalue weighted by Gasteiger charge is 2.47. The van der Waals surface area contributed by atoms with Crippen LogP contribution in [0.3, 0.4) is 0 Å². The van der Waals surface area contributed by atoms with E-state index in [1.165, 1.54) is 0 Å². The molecule has 0 aromatic heterocycles. The van der Waals surface area contributed by atoms with E-state index in [1.54, 1.807) is 0 Å². The molecule has 1 fully saturated rings. The van der Waals surface area contributed by atoms with Crippen LogP contribution in [0.25, 0.3) is 0 Å².